The predicted molar refractivity (Wildman–Crippen MR) is 83.0 cm³/mol. The smallest absolute Gasteiger partial charge is 0.231 e. The van der Waals surface area contributed by atoms with Gasteiger partial charge in [0.1, 0.15) is 0 Å². The molecule has 1 aromatic heterocycles. The molecule has 0 aliphatic carbocycles. The summed E-state index contributed by atoms with van der Waals surface area (Å²) in [6, 6.07) is 0. The molecule has 1 saturated heterocycles. The Hall–Kier alpha value is -1.59. The van der Waals surface area contributed by atoms with Crippen molar-refractivity contribution < 1.29 is 0 Å². The van der Waals surface area contributed by atoms with Gasteiger partial charge in [0.05, 0.1) is 0 Å². The van der Waals surface area contributed by atoms with Crippen molar-refractivity contribution in [1.29, 1.82) is 0 Å². The molecule has 0 spiro atoms. The van der Waals surface area contributed by atoms with Crippen LogP contribution in [0.3, 0.4) is 0 Å². The summed E-state index contributed by atoms with van der Waals surface area (Å²) in [7, 11) is 3.83. The van der Waals surface area contributed by atoms with Crippen LogP contribution in [0.1, 0.15) is 39.0 Å². The second-order valence-corrected chi connectivity index (χ2v) is 5.76. The van der Waals surface area contributed by atoms with E-state index in [4.69, 9.17) is 5.73 Å². The number of nitrogen functional groups attached to an aromatic ring is 1. The van der Waals surface area contributed by atoms with E-state index < -0.39 is 0 Å². The molecule has 0 amide bonds. The largest absolute Gasteiger partial charge is 0.368 e. The topological polar surface area (TPSA) is 71.2 Å². The van der Waals surface area contributed by atoms with E-state index in [9.17, 15) is 0 Å². The van der Waals surface area contributed by atoms with Crippen molar-refractivity contribution in [1.82, 2.24) is 15.0 Å². The van der Waals surface area contributed by atoms with Gasteiger partial charge in [-0.2, -0.15) is 15.0 Å². The summed E-state index contributed by atoms with van der Waals surface area (Å²) >= 11 is 0. The summed E-state index contributed by atoms with van der Waals surface area (Å²) in [4.78, 5) is 17.1. The Balaban J connectivity index is 2.11. The third-order valence-corrected chi connectivity index (χ3v) is 3.86. The molecule has 1 aromatic rings. The molecule has 6 heteroatoms. The highest BCUT2D eigenvalue weighted by molar-refractivity contribution is 5.42. The third-order valence-electron chi connectivity index (χ3n) is 3.86. The zero-order valence-corrected chi connectivity index (χ0v) is 12.8. The van der Waals surface area contributed by atoms with E-state index in [1.807, 2.05) is 19.0 Å². The Morgan fingerprint density at radius 1 is 1.20 bits per heavy atom. The second-order valence-electron chi connectivity index (χ2n) is 5.76. The van der Waals surface area contributed by atoms with Gasteiger partial charge >= 0.3 is 0 Å². The first-order chi connectivity index (χ1) is 9.60. The Labute approximate surface area is 121 Å². The molecular weight excluding hydrogens is 252 g/mol. The number of anilines is 3. The highest BCUT2D eigenvalue weighted by Gasteiger charge is 2.19. The van der Waals surface area contributed by atoms with Crippen LogP contribution >= 0.6 is 0 Å². The SMILES string of the molecule is CCCC1CCCN(c2nc(N)nc(N(C)C)n2)CC1. The highest BCUT2D eigenvalue weighted by atomic mass is 15.3. The van der Waals surface area contributed by atoms with E-state index in [1.165, 1.54) is 32.1 Å². The van der Waals surface area contributed by atoms with Gasteiger partial charge in [-0.05, 0) is 25.2 Å². The molecule has 2 rings (SSSR count). The van der Waals surface area contributed by atoms with Crippen LogP contribution in [0.25, 0.3) is 0 Å². The van der Waals surface area contributed by atoms with E-state index in [1.54, 1.807) is 0 Å². The van der Waals surface area contributed by atoms with Gasteiger partial charge in [-0.25, -0.2) is 0 Å². The summed E-state index contributed by atoms with van der Waals surface area (Å²) in [5.41, 5.74) is 5.80. The molecule has 0 saturated carbocycles. The minimum atomic E-state index is 0.299. The molecule has 1 fully saturated rings. The Bertz CT molecular complexity index is 434. The minimum Gasteiger partial charge on any atom is -0.368 e. The predicted octanol–water partition coefficient (Wildman–Crippen LogP) is 1.93. The average Bonchev–Trinajstić information content (AvgIpc) is 2.64. The molecule has 1 aliphatic heterocycles. The third kappa shape index (κ3) is 3.71. The van der Waals surface area contributed by atoms with Gasteiger partial charge in [0.25, 0.3) is 0 Å². The van der Waals surface area contributed by atoms with Crippen LogP contribution in [-0.4, -0.2) is 42.1 Å². The average molecular weight is 278 g/mol. The number of hydrogen-bond acceptors (Lipinski definition) is 6. The molecule has 0 aromatic carbocycles. The molecule has 20 heavy (non-hydrogen) atoms. The van der Waals surface area contributed by atoms with Crippen molar-refractivity contribution in [3.8, 4) is 0 Å². The summed E-state index contributed by atoms with van der Waals surface area (Å²) < 4.78 is 0. The fourth-order valence-electron chi connectivity index (χ4n) is 2.77. The lowest BCUT2D eigenvalue weighted by molar-refractivity contribution is 0.435. The molecule has 2 N–H and O–H groups in total. The van der Waals surface area contributed by atoms with Crippen LogP contribution in [0.5, 0.6) is 0 Å². The van der Waals surface area contributed by atoms with Gasteiger partial charge in [-0.1, -0.05) is 19.8 Å². The molecule has 6 nitrogen and oxygen atoms in total. The van der Waals surface area contributed by atoms with Crippen LogP contribution in [0.15, 0.2) is 0 Å². The van der Waals surface area contributed by atoms with E-state index in [0.29, 0.717) is 11.9 Å². The fourth-order valence-corrected chi connectivity index (χ4v) is 2.77. The molecule has 0 radical (unpaired) electrons. The van der Waals surface area contributed by atoms with Gasteiger partial charge in [0.2, 0.25) is 17.8 Å². The maximum Gasteiger partial charge on any atom is 0.231 e. The molecule has 1 aliphatic rings. The van der Waals surface area contributed by atoms with Gasteiger partial charge in [0.15, 0.2) is 0 Å². The van der Waals surface area contributed by atoms with Gasteiger partial charge in [-0.15, -0.1) is 0 Å². The van der Waals surface area contributed by atoms with Gasteiger partial charge in [0, 0.05) is 27.2 Å². The zero-order chi connectivity index (χ0) is 14.5. The summed E-state index contributed by atoms with van der Waals surface area (Å²) in [6.45, 7) is 4.29. The quantitative estimate of drug-likeness (QED) is 0.907. The molecule has 2 heterocycles. The number of rotatable bonds is 4. The van der Waals surface area contributed by atoms with Crippen molar-refractivity contribution in [2.24, 2.45) is 5.92 Å². The maximum atomic E-state index is 5.80. The standard InChI is InChI=1S/C14H26N6/c1-4-6-11-7-5-9-20(10-8-11)14-17-12(15)16-13(18-14)19(2)3/h11H,4-10H2,1-3H3,(H2,15,16,17,18). The molecular formula is C14H26N6. The van der Waals surface area contributed by atoms with Crippen LogP contribution in [0, 0.1) is 5.92 Å². The van der Waals surface area contributed by atoms with Crippen molar-refractivity contribution in [3.05, 3.63) is 0 Å². The normalized spacial score (nSPS) is 19.8. The summed E-state index contributed by atoms with van der Waals surface area (Å²) in [6.07, 6.45) is 6.33. The van der Waals surface area contributed by atoms with E-state index in [-0.39, 0.29) is 0 Å². The lowest BCUT2D eigenvalue weighted by Crippen LogP contribution is -2.28. The lowest BCUT2D eigenvalue weighted by atomic mass is 9.96. The zero-order valence-electron chi connectivity index (χ0n) is 12.8. The van der Waals surface area contributed by atoms with Crippen molar-refractivity contribution in [2.45, 2.75) is 39.0 Å². The summed E-state index contributed by atoms with van der Waals surface area (Å²) in [5, 5.41) is 0. The Morgan fingerprint density at radius 2 is 2.00 bits per heavy atom. The van der Waals surface area contributed by atoms with Crippen molar-refractivity contribution in [3.63, 3.8) is 0 Å². The minimum absolute atomic E-state index is 0.299. The van der Waals surface area contributed by atoms with Gasteiger partial charge in [-0.3, -0.25) is 0 Å². The Kier molecular flexibility index (Phi) is 4.98. The monoisotopic (exact) mass is 278 g/mol. The van der Waals surface area contributed by atoms with Crippen LogP contribution < -0.4 is 15.5 Å². The molecule has 0 bridgehead atoms. The van der Waals surface area contributed by atoms with Crippen LogP contribution in [0.4, 0.5) is 17.8 Å². The fraction of sp³-hybridized carbons (Fsp3) is 0.786. The van der Waals surface area contributed by atoms with Crippen LogP contribution in [0.2, 0.25) is 0 Å². The first kappa shape index (κ1) is 14.8. The maximum absolute atomic E-state index is 5.80. The van der Waals surface area contributed by atoms with Crippen molar-refractivity contribution >= 4 is 17.8 Å². The Morgan fingerprint density at radius 3 is 2.70 bits per heavy atom. The number of aromatic nitrogens is 3. The number of nitrogens with zero attached hydrogens (tertiary/aromatic N) is 5. The molecule has 1 atom stereocenters. The lowest BCUT2D eigenvalue weighted by Gasteiger charge is -2.22. The summed E-state index contributed by atoms with van der Waals surface area (Å²) in [5.74, 6) is 2.49. The first-order valence-corrected chi connectivity index (χ1v) is 7.54. The van der Waals surface area contributed by atoms with Crippen LogP contribution in [-0.2, 0) is 0 Å². The van der Waals surface area contributed by atoms with Gasteiger partial charge < -0.3 is 15.5 Å². The second kappa shape index (κ2) is 6.72. The highest BCUT2D eigenvalue weighted by Crippen LogP contribution is 2.24. The first-order valence-electron chi connectivity index (χ1n) is 7.54. The molecule has 1 unspecified atom stereocenters. The number of nitrogens with two attached hydrogens (primary N) is 1. The number of hydrogen-bond donors (Lipinski definition) is 1. The van der Waals surface area contributed by atoms with E-state index in [2.05, 4.69) is 26.8 Å². The molecule has 112 valence electrons. The van der Waals surface area contributed by atoms with Crippen molar-refractivity contribution in [2.75, 3.05) is 42.7 Å². The van der Waals surface area contributed by atoms with E-state index in [0.717, 1.165) is 25.0 Å². The van der Waals surface area contributed by atoms with E-state index >= 15 is 0 Å².